The topological polar surface area (TPSA) is 53.2 Å². The largest absolute Gasteiger partial charge is 0.416 e. The van der Waals surface area contributed by atoms with Gasteiger partial charge in [-0.2, -0.15) is 13.2 Å². The number of carbonyl (C=O) groups excluding carboxylic acids is 1. The van der Waals surface area contributed by atoms with Gasteiger partial charge in [0.1, 0.15) is 0 Å². The van der Waals surface area contributed by atoms with Crippen molar-refractivity contribution in [3.63, 3.8) is 0 Å². The molecule has 9 heteroatoms. The fourth-order valence-electron chi connectivity index (χ4n) is 2.29. The summed E-state index contributed by atoms with van der Waals surface area (Å²) in [6.45, 7) is 2.31. The van der Waals surface area contributed by atoms with Gasteiger partial charge in [0.25, 0.3) is 0 Å². The molecule has 0 saturated carbocycles. The Kier molecular flexibility index (Phi) is 7.44. The third-order valence-corrected chi connectivity index (χ3v) is 3.88. The number of urea groups is 1. The summed E-state index contributed by atoms with van der Waals surface area (Å²) in [6.07, 6.45) is -2.55. The first kappa shape index (κ1) is 19.9. The molecule has 130 valence electrons. The summed E-state index contributed by atoms with van der Waals surface area (Å²) < 4.78 is 38.0. The van der Waals surface area contributed by atoms with E-state index in [9.17, 15) is 18.0 Å². The molecular formula is C14H18Cl2F3N3O. The smallest absolute Gasteiger partial charge is 0.338 e. The molecule has 4 nitrogen and oxygen atoms in total. The third-order valence-electron chi connectivity index (χ3n) is 3.55. The van der Waals surface area contributed by atoms with Crippen molar-refractivity contribution >= 4 is 35.7 Å². The highest BCUT2D eigenvalue weighted by Gasteiger charge is 2.31. The van der Waals surface area contributed by atoms with Crippen LogP contribution in [0.5, 0.6) is 0 Å². The molecule has 1 aromatic carbocycles. The van der Waals surface area contributed by atoms with Crippen LogP contribution < -0.4 is 16.0 Å². The summed E-state index contributed by atoms with van der Waals surface area (Å²) in [6, 6.07) is 2.26. The van der Waals surface area contributed by atoms with E-state index in [1.165, 1.54) is 0 Å². The molecule has 1 aromatic rings. The van der Waals surface area contributed by atoms with Gasteiger partial charge < -0.3 is 16.0 Å². The van der Waals surface area contributed by atoms with Crippen molar-refractivity contribution in [2.24, 2.45) is 5.92 Å². The second kappa shape index (κ2) is 8.61. The van der Waals surface area contributed by atoms with Gasteiger partial charge in [0, 0.05) is 6.54 Å². The molecule has 0 spiro atoms. The number of alkyl halides is 3. The summed E-state index contributed by atoms with van der Waals surface area (Å²) in [5, 5.41) is 8.31. The lowest BCUT2D eigenvalue weighted by Crippen LogP contribution is -2.37. The molecule has 1 fully saturated rings. The van der Waals surface area contributed by atoms with Gasteiger partial charge in [-0.05, 0) is 50.0 Å². The number of nitrogens with one attached hydrogen (secondary N) is 3. The molecule has 0 aromatic heterocycles. The Morgan fingerprint density at radius 3 is 2.57 bits per heavy atom. The van der Waals surface area contributed by atoms with Crippen molar-refractivity contribution < 1.29 is 18.0 Å². The molecule has 0 bridgehead atoms. The Balaban J connectivity index is 0.00000264. The van der Waals surface area contributed by atoms with Crippen LogP contribution in [0.1, 0.15) is 18.4 Å². The minimum atomic E-state index is -4.48. The number of benzene rings is 1. The maximum absolute atomic E-state index is 12.7. The van der Waals surface area contributed by atoms with Gasteiger partial charge in [-0.1, -0.05) is 11.6 Å². The lowest BCUT2D eigenvalue weighted by molar-refractivity contribution is -0.137. The standard InChI is InChI=1S/C14H17ClF3N3O.ClH/c15-11-2-1-10(14(16,17)18)7-12(11)21-13(22)20-8-9-3-5-19-6-4-9;/h1-2,7,9,19H,3-6,8H2,(H2,20,21,22);1H. The van der Waals surface area contributed by atoms with E-state index in [1.807, 2.05) is 0 Å². The minimum Gasteiger partial charge on any atom is -0.338 e. The predicted molar refractivity (Wildman–Crippen MR) is 86.3 cm³/mol. The maximum Gasteiger partial charge on any atom is 0.416 e. The van der Waals surface area contributed by atoms with Gasteiger partial charge in [-0.15, -0.1) is 12.4 Å². The van der Waals surface area contributed by atoms with Crippen LogP contribution in [0, 0.1) is 5.92 Å². The van der Waals surface area contributed by atoms with Crippen LogP contribution in [0.2, 0.25) is 5.02 Å². The molecule has 1 aliphatic rings. The normalized spacial score (nSPS) is 15.7. The van der Waals surface area contributed by atoms with Crippen LogP contribution in [0.3, 0.4) is 0 Å². The lowest BCUT2D eigenvalue weighted by atomic mass is 9.98. The van der Waals surface area contributed by atoms with Gasteiger partial charge in [0.05, 0.1) is 16.3 Å². The molecule has 3 N–H and O–H groups in total. The molecule has 0 aliphatic carbocycles. The van der Waals surface area contributed by atoms with Gasteiger partial charge in [-0.3, -0.25) is 0 Å². The second-order valence-electron chi connectivity index (χ2n) is 5.22. The number of hydrogen-bond acceptors (Lipinski definition) is 2. The van der Waals surface area contributed by atoms with Crippen LogP contribution in [0.15, 0.2) is 18.2 Å². The second-order valence-corrected chi connectivity index (χ2v) is 5.63. The predicted octanol–water partition coefficient (Wildman–Crippen LogP) is 3.90. The molecule has 0 unspecified atom stereocenters. The Bertz CT molecular complexity index is 534. The molecular weight excluding hydrogens is 354 g/mol. The zero-order valence-corrected chi connectivity index (χ0v) is 13.7. The van der Waals surface area contributed by atoms with E-state index in [0.29, 0.717) is 12.5 Å². The first-order valence-electron chi connectivity index (χ1n) is 6.98. The third kappa shape index (κ3) is 6.08. The number of amides is 2. The average molecular weight is 372 g/mol. The highest BCUT2D eigenvalue weighted by atomic mass is 35.5. The van der Waals surface area contributed by atoms with Crippen molar-refractivity contribution in [1.29, 1.82) is 0 Å². The van der Waals surface area contributed by atoms with Crippen molar-refractivity contribution in [3.05, 3.63) is 28.8 Å². The molecule has 1 saturated heterocycles. The van der Waals surface area contributed by atoms with Crippen molar-refractivity contribution in [2.45, 2.75) is 19.0 Å². The Hall–Kier alpha value is -1.18. The highest BCUT2D eigenvalue weighted by Crippen LogP contribution is 2.33. The molecule has 0 radical (unpaired) electrons. The maximum atomic E-state index is 12.7. The quantitative estimate of drug-likeness (QED) is 0.754. The number of carbonyl (C=O) groups is 1. The monoisotopic (exact) mass is 371 g/mol. The fourth-order valence-corrected chi connectivity index (χ4v) is 2.45. The fraction of sp³-hybridized carbons (Fsp3) is 0.500. The summed E-state index contributed by atoms with van der Waals surface area (Å²) >= 11 is 5.82. The highest BCUT2D eigenvalue weighted by molar-refractivity contribution is 6.33. The number of halogens is 5. The molecule has 1 aliphatic heterocycles. The van der Waals surface area contributed by atoms with E-state index in [-0.39, 0.29) is 23.1 Å². The van der Waals surface area contributed by atoms with Crippen molar-refractivity contribution in [1.82, 2.24) is 10.6 Å². The summed E-state index contributed by atoms with van der Waals surface area (Å²) in [5.41, 5.74) is -0.912. The number of anilines is 1. The lowest BCUT2D eigenvalue weighted by Gasteiger charge is -2.22. The van der Waals surface area contributed by atoms with E-state index in [4.69, 9.17) is 11.6 Å². The van der Waals surface area contributed by atoms with Crippen molar-refractivity contribution in [3.8, 4) is 0 Å². The van der Waals surface area contributed by atoms with E-state index in [0.717, 1.165) is 44.1 Å². The summed E-state index contributed by atoms with van der Waals surface area (Å²) in [7, 11) is 0. The Morgan fingerprint density at radius 2 is 1.96 bits per heavy atom. The average Bonchev–Trinajstić information content (AvgIpc) is 2.47. The molecule has 1 heterocycles. The van der Waals surface area contributed by atoms with Crippen LogP contribution >= 0.6 is 24.0 Å². The first-order valence-corrected chi connectivity index (χ1v) is 7.36. The van der Waals surface area contributed by atoms with Gasteiger partial charge in [0.15, 0.2) is 0 Å². The van der Waals surface area contributed by atoms with Crippen LogP contribution in [-0.2, 0) is 6.18 Å². The SMILES string of the molecule is Cl.O=C(NCC1CCNCC1)Nc1cc(C(F)(F)F)ccc1Cl. The molecule has 0 atom stereocenters. The molecule has 2 amide bonds. The van der Waals surface area contributed by atoms with E-state index in [1.54, 1.807) is 0 Å². The zero-order chi connectivity index (χ0) is 16.2. The van der Waals surface area contributed by atoms with Crippen LogP contribution in [0.25, 0.3) is 0 Å². The van der Waals surface area contributed by atoms with E-state index >= 15 is 0 Å². The Morgan fingerprint density at radius 1 is 1.30 bits per heavy atom. The Labute approximate surface area is 143 Å². The zero-order valence-electron chi connectivity index (χ0n) is 12.2. The van der Waals surface area contributed by atoms with Crippen LogP contribution in [-0.4, -0.2) is 25.7 Å². The summed E-state index contributed by atoms with van der Waals surface area (Å²) in [5.74, 6) is 0.379. The molecule has 23 heavy (non-hydrogen) atoms. The van der Waals surface area contributed by atoms with E-state index in [2.05, 4.69) is 16.0 Å². The minimum absolute atomic E-state index is 0. The van der Waals surface area contributed by atoms with Gasteiger partial charge >= 0.3 is 12.2 Å². The number of piperidine rings is 1. The number of hydrogen-bond donors (Lipinski definition) is 3. The van der Waals surface area contributed by atoms with Gasteiger partial charge in [-0.25, -0.2) is 4.79 Å². The number of rotatable bonds is 3. The van der Waals surface area contributed by atoms with Crippen molar-refractivity contribution in [2.75, 3.05) is 25.0 Å². The summed E-state index contributed by atoms with van der Waals surface area (Å²) in [4.78, 5) is 11.8. The first-order chi connectivity index (χ1) is 10.4. The van der Waals surface area contributed by atoms with E-state index < -0.39 is 17.8 Å². The van der Waals surface area contributed by atoms with Gasteiger partial charge in [0.2, 0.25) is 0 Å². The van der Waals surface area contributed by atoms with Crippen LogP contribution in [0.4, 0.5) is 23.7 Å². The molecule has 2 rings (SSSR count).